The number of primary amides is 1. The van der Waals surface area contributed by atoms with E-state index in [1.807, 2.05) is 37.3 Å². The van der Waals surface area contributed by atoms with Gasteiger partial charge in [-0.1, -0.05) is 37.3 Å². The van der Waals surface area contributed by atoms with Crippen LogP contribution >= 0.6 is 0 Å². The van der Waals surface area contributed by atoms with Gasteiger partial charge in [0.1, 0.15) is 5.54 Å². The van der Waals surface area contributed by atoms with Crippen molar-refractivity contribution < 1.29 is 9.53 Å². The molecule has 2 unspecified atom stereocenters. The third kappa shape index (κ3) is 3.43. The number of nitrogens with two attached hydrogens (primary N) is 1. The number of amides is 1. The van der Waals surface area contributed by atoms with Crippen LogP contribution in [0.1, 0.15) is 19.4 Å². The van der Waals surface area contributed by atoms with Crippen molar-refractivity contribution in [2.24, 2.45) is 5.73 Å². The lowest BCUT2D eigenvalue weighted by Crippen LogP contribution is -2.61. The Morgan fingerprint density at radius 1 is 1.48 bits per heavy atom. The maximum atomic E-state index is 12.3. The first-order chi connectivity index (χ1) is 10.1. The number of carbonyl (C=O) groups is 1. The number of likely N-dealkylation sites (N-methyl/N-ethyl adjacent to an activating group) is 1. The molecule has 1 aliphatic heterocycles. The van der Waals surface area contributed by atoms with Gasteiger partial charge in [0.05, 0.1) is 13.2 Å². The highest BCUT2D eigenvalue weighted by Crippen LogP contribution is 2.24. The third-order valence-corrected chi connectivity index (χ3v) is 4.11. The molecular formula is C16H25N3O2. The van der Waals surface area contributed by atoms with Gasteiger partial charge in [0, 0.05) is 19.1 Å². The summed E-state index contributed by atoms with van der Waals surface area (Å²) in [4.78, 5) is 14.6. The first-order valence-electron chi connectivity index (χ1n) is 7.52. The van der Waals surface area contributed by atoms with E-state index in [0.717, 1.165) is 12.1 Å². The minimum atomic E-state index is -0.860. The summed E-state index contributed by atoms with van der Waals surface area (Å²) < 4.78 is 5.47. The second-order valence-electron chi connectivity index (χ2n) is 5.56. The second-order valence-corrected chi connectivity index (χ2v) is 5.56. The molecule has 1 saturated heterocycles. The quantitative estimate of drug-likeness (QED) is 0.809. The van der Waals surface area contributed by atoms with E-state index in [4.69, 9.17) is 10.5 Å². The highest BCUT2D eigenvalue weighted by atomic mass is 16.5. The van der Waals surface area contributed by atoms with Gasteiger partial charge in [-0.25, -0.2) is 0 Å². The largest absolute Gasteiger partial charge is 0.379 e. The predicted octanol–water partition coefficient (Wildman–Crippen LogP) is 0.697. The van der Waals surface area contributed by atoms with Gasteiger partial charge < -0.3 is 10.5 Å². The SMILES string of the molecule is CCNC(CN1CCOCC1C)(C(N)=O)c1ccccc1. The summed E-state index contributed by atoms with van der Waals surface area (Å²) >= 11 is 0. The number of hydrogen-bond donors (Lipinski definition) is 2. The molecule has 0 aromatic heterocycles. The number of carbonyl (C=O) groups excluding carboxylic acids is 1. The summed E-state index contributed by atoms with van der Waals surface area (Å²) in [5.74, 6) is -0.339. The van der Waals surface area contributed by atoms with Gasteiger partial charge in [0.25, 0.3) is 0 Å². The maximum absolute atomic E-state index is 12.3. The third-order valence-electron chi connectivity index (χ3n) is 4.11. The molecule has 2 rings (SSSR count). The van der Waals surface area contributed by atoms with Gasteiger partial charge >= 0.3 is 0 Å². The van der Waals surface area contributed by atoms with Crippen LogP contribution < -0.4 is 11.1 Å². The molecule has 0 saturated carbocycles. The van der Waals surface area contributed by atoms with Crippen molar-refractivity contribution in [2.45, 2.75) is 25.4 Å². The van der Waals surface area contributed by atoms with Gasteiger partial charge in [-0.3, -0.25) is 15.0 Å². The molecule has 0 aliphatic carbocycles. The lowest BCUT2D eigenvalue weighted by Gasteiger charge is -2.41. The van der Waals surface area contributed by atoms with Crippen molar-refractivity contribution in [3.63, 3.8) is 0 Å². The highest BCUT2D eigenvalue weighted by molar-refractivity contribution is 5.86. The molecule has 3 N–H and O–H groups in total. The molecule has 1 heterocycles. The van der Waals surface area contributed by atoms with Crippen LogP contribution in [0.5, 0.6) is 0 Å². The van der Waals surface area contributed by atoms with E-state index in [1.165, 1.54) is 0 Å². The highest BCUT2D eigenvalue weighted by Gasteiger charge is 2.40. The Bertz CT molecular complexity index is 466. The standard InChI is InChI=1S/C16H25N3O2/c1-3-18-16(15(17)20,14-7-5-4-6-8-14)12-19-9-10-21-11-13(19)2/h4-8,13,18H,3,9-12H2,1-2H3,(H2,17,20). The van der Waals surface area contributed by atoms with Crippen LogP contribution in [0.4, 0.5) is 0 Å². The fraction of sp³-hybridized carbons (Fsp3) is 0.562. The minimum absolute atomic E-state index is 0.278. The maximum Gasteiger partial charge on any atom is 0.243 e. The van der Waals surface area contributed by atoms with E-state index in [1.54, 1.807) is 0 Å². The van der Waals surface area contributed by atoms with E-state index in [0.29, 0.717) is 26.3 Å². The number of morpholine rings is 1. The summed E-state index contributed by atoms with van der Waals surface area (Å²) in [5, 5.41) is 3.32. The smallest absolute Gasteiger partial charge is 0.243 e. The first kappa shape index (κ1) is 15.9. The molecule has 116 valence electrons. The molecule has 0 spiro atoms. The molecule has 5 nitrogen and oxygen atoms in total. The van der Waals surface area contributed by atoms with Crippen LogP contribution in [-0.4, -0.2) is 49.7 Å². The van der Waals surface area contributed by atoms with Crippen LogP contribution in [0.25, 0.3) is 0 Å². The number of benzene rings is 1. The van der Waals surface area contributed by atoms with Gasteiger partial charge in [0.2, 0.25) is 5.91 Å². The van der Waals surface area contributed by atoms with Crippen molar-refractivity contribution in [3.05, 3.63) is 35.9 Å². The molecule has 21 heavy (non-hydrogen) atoms. The number of hydrogen-bond acceptors (Lipinski definition) is 4. The summed E-state index contributed by atoms with van der Waals surface area (Å²) in [6.45, 7) is 7.54. The fourth-order valence-corrected chi connectivity index (χ4v) is 2.88. The summed E-state index contributed by atoms with van der Waals surface area (Å²) in [5.41, 5.74) is 5.85. The van der Waals surface area contributed by atoms with E-state index in [9.17, 15) is 4.79 Å². The Hall–Kier alpha value is -1.43. The Balaban J connectivity index is 2.33. The number of nitrogens with one attached hydrogen (secondary N) is 1. The molecular weight excluding hydrogens is 266 g/mol. The summed E-state index contributed by atoms with van der Waals surface area (Å²) in [7, 11) is 0. The van der Waals surface area contributed by atoms with Crippen molar-refractivity contribution in [1.82, 2.24) is 10.2 Å². The Morgan fingerprint density at radius 3 is 2.76 bits per heavy atom. The molecule has 1 fully saturated rings. The zero-order valence-electron chi connectivity index (χ0n) is 12.8. The van der Waals surface area contributed by atoms with Gasteiger partial charge in [-0.05, 0) is 19.0 Å². The predicted molar refractivity (Wildman–Crippen MR) is 82.8 cm³/mol. The lowest BCUT2D eigenvalue weighted by atomic mass is 9.87. The lowest BCUT2D eigenvalue weighted by molar-refractivity contribution is -0.127. The monoisotopic (exact) mass is 291 g/mol. The molecule has 1 aromatic carbocycles. The van der Waals surface area contributed by atoms with Crippen LogP contribution in [0.15, 0.2) is 30.3 Å². The molecule has 1 amide bonds. The van der Waals surface area contributed by atoms with E-state index < -0.39 is 5.54 Å². The van der Waals surface area contributed by atoms with Crippen LogP contribution in [0.2, 0.25) is 0 Å². The van der Waals surface area contributed by atoms with E-state index in [-0.39, 0.29) is 11.9 Å². The molecule has 2 atom stereocenters. The zero-order chi connectivity index (χ0) is 15.3. The fourth-order valence-electron chi connectivity index (χ4n) is 2.88. The molecule has 1 aliphatic rings. The Kier molecular flexibility index (Phi) is 5.33. The Morgan fingerprint density at radius 2 is 2.19 bits per heavy atom. The zero-order valence-corrected chi connectivity index (χ0v) is 12.8. The second kappa shape index (κ2) is 7.02. The molecule has 1 aromatic rings. The van der Waals surface area contributed by atoms with E-state index >= 15 is 0 Å². The summed E-state index contributed by atoms with van der Waals surface area (Å²) in [6, 6.07) is 10.0. The molecule has 0 radical (unpaired) electrons. The number of nitrogens with zero attached hydrogens (tertiary/aromatic N) is 1. The molecule has 0 bridgehead atoms. The average Bonchev–Trinajstić information content (AvgIpc) is 2.49. The minimum Gasteiger partial charge on any atom is -0.379 e. The van der Waals surface area contributed by atoms with Crippen molar-refractivity contribution in [3.8, 4) is 0 Å². The van der Waals surface area contributed by atoms with Crippen LogP contribution in [0, 0.1) is 0 Å². The Labute approximate surface area is 126 Å². The topological polar surface area (TPSA) is 67.6 Å². The van der Waals surface area contributed by atoms with Crippen LogP contribution in [-0.2, 0) is 15.1 Å². The van der Waals surface area contributed by atoms with Crippen molar-refractivity contribution in [2.75, 3.05) is 32.8 Å². The van der Waals surface area contributed by atoms with Crippen molar-refractivity contribution in [1.29, 1.82) is 0 Å². The van der Waals surface area contributed by atoms with Crippen LogP contribution in [0.3, 0.4) is 0 Å². The molecule has 5 heteroatoms. The van der Waals surface area contributed by atoms with Crippen molar-refractivity contribution >= 4 is 5.91 Å². The van der Waals surface area contributed by atoms with E-state index in [2.05, 4.69) is 17.1 Å². The number of ether oxygens (including phenoxy) is 1. The average molecular weight is 291 g/mol. The van der Waals surface area contributed by atoms with Gasteiger partial charge in [-0.2, -0.15) is 0 Å². The van der Waals surface area contributed by atoms with Gasteiger partial charge in [-0.15, -0.1) is 0 Å². The summed E-state index contributed by atoms with van der Waals surface area (Å²) in [6.07, 6.45) is 0. The first-order valence-corrected chi connectivity index (χ1v) is 7.52. The number of rotatable bonds is 6. The van der Waals surface area contributed by atoms with Gasteiger partial charge in [0.15, 0.2) is 0 Å². The normalized spacial score (nSPS) is 22.7.